The van der Waals surface area contributed by atoms with Crippen molar-refractivity contribution in [2.24, 2.45) is 0 Å². The summed E-state index contributed by atoms with van der Waals surface area (Å²) in [5, 5.41) is 15.8. The molecule has 3 aromatic rings. The first-order valence-electron chi connectivity index (χ1n) is 14.9. The van der Waals surface area contributed by atoms with Gasteiger partial charge in [0.25, 0.3) is 0 Å². The molecule has 3 aromatic carbocycles. The second-order valence-electron chi connectivity index (χ2n) is 11.9. The van der Waals surface area contributed by atoms with Crippen LogP contribution in [0.25, 0.3) is 10.8 Å². The zero-order valence-electron chi connectivity index (χ0n) is 25.2. The lowest BCUT2D eigenvalue weighted by Crippen LogP contribution is -2.47. The van der Waals surface area contributed by atoms with E-state index in [-0.39, 0.29) is 29.7 Å². The Morgan fingerprint density at radius 2 is 1.75 bits per heavy atom. The molecule has 5 rings (SSSR count). The van der Waals surface area contributed by atoms with Gasteiger partial charge in [0, 0.05) is 44.8 Å². The summed E-state index contributed by atoms with van der Waals surface area (Å²) < 4.78 is 67.9. The number of sulfonamides is 2. The molecule has 0 aromatic heterocycles. The zero-order valence-corrected chi connectivity index (χ0v) is 26.8. The third-order valence-electron chi connectivity index (χ3n) is 8.25. The topological polar surface area (TPSA) is 138 Å². The summed E-state index contributed by atoms with van der Waals surface area (Å²) in [4.78, 5) is 2.30. The second-order valence-corrected chi connectivity index (χ2v) is 15.6. The standard InChI is InChI=1S/C31H42N4O7S2/c1-34(2)17-14-33-43(37,38)29-9-5-8-28(19-29)41-23-27(36)21-32-26-20-31(42-22-26)12-15-35(16-13-31)44(39,40)30-11-10-24-6-3-4-7-25(24)18-30/h3-11,18-19,26-27,32-33,36H,12-17,20-23H2,1-2H3. The lowest BCUT2D eigenvalue weighted by Gasteiger charge is -2.38. The molecule has 3 N–H and O–H groups in total. The Hall–Kier alpha value is -2.62. The number of aliphatic hydroxyl groups is 1. The number of nitrogens with zero attached hydrogens (tertiary/aromatic N) is 2. The summed E-state index contributed by atoms with van der Waals surface area (Å²) in [5.41, 5.74) is -0.388. The van der Waals surface area contributed by atoms with E-state index in [0.717, 1.165) is 17.2 Å². The number of piperidine rings is 1. The van der Waals surface area contributed by atoms with Crippen LogP contribution in [0.3, 0.4) is 0 Å². The average molecular weight is 647 g/mol. The molecule has 2 heterocycles. The zero-order chi connectivity index (χ0) is 31.4. The van der Waals surface area contributed by atoms with E-state index < -0.39 is 26.2 Å². The van der Waals surface area contributed by atoms with Gasteiger partial charge in [0.15, 0.2) is 0 Å². The highest BCUT2D eigenvalue weighted by Crippen LogP contribution is 2.37. The summed E-state index contributed by atoms with van der Waals surface area (Å²) in [5.74, 6) is 0.355. The highest BCUT2D eigenvalue weighted by molar-refractivity contribution is 7.89. The van der Waals surface area contributed by atoms with E-state index in [1.807, 2.05) is 49.3 Å². The molecule has 240 valence electrons. The Kier molecular flexibility index (Phi) is 10.3. The van der Waals surface area contributed by atoms with Crippen LogP contribution in [-0.2, 0) is 24.8 Å². The number of hydrogen-bond acceptors (Lipinski definition) is 9. The molecule has 44 heavy (non-hydrogen) atoms. The highest BCUT2D eigenvalue weighted by atomic mass is 32.2. The second kappa shape index (κ2) is 13.8. The summed E-state index contributed by atoms with van der Waals surface area (Å²) in [6, 6.07) is 19.2. The molecule has 0 amide bonds. The van der Waals surface area contributed by atoms with Crippen molar-refractivity contribution in [3.8, 4) is 5.75 Å². The maximum atomic E-state index is 13.4. The van der Waals surface area contributed by atoms with Crippen LogP contribution < -0.4 is 14.8 Å². The Balaban J connectivity index is 1.06. The van der Waals surface area contributed by atoms with Gasteiger partial charge in [-0.1, -0.05) is 36.4 Å². The molecule has 2 unspecified atom stereocenters. The van der Waals surface area contributed by atoms with Gasteiger partial charge in [-0.3, -0.25) is 0 Å². The van der Waals surface area contributed by atoms with E-state index in [0.29, 0.717) is 56.3 Å². The first kappa shape index (κ1) is 32.8. The molecule has 0 aliphatic carbocycles. The van der Waals surface area contributed by atoms with Gasteiger partial charge in [0.1, 0.15) is 18.5 Å². The van der Waals surface area contributed by atoms with Crippen LogP contribution in [0.1, 0.15) is 19.3 Å². The van der Waals surface area contributed by atoms with Gasteiger partial charge in [-0.25, -0.2) is 21.6 Å². The molecule has 0 radical (unpaired) electrons. The van der Waals surface area contributed by atoms with Crippen LogP contribution in [0.4, 0.5) is 0 Å². The lowest BCUT2D eigenvalue weighted by molar-refractivity contribution is -0.0312. The van der Waals surface area contributed by atoms with Crippen molar-refractivity contribution in [1.29, 1.82) is 0 Å². The first-order valence-corrected chi connectivity index (χ1v) is 17.8. The van der Waals surface area contributed by atoms with E-state index in [1.165, 1.54) is 12.1 Å². The number of benzene rings is 3. The van der Waals surface area contributed by atoms with Crippen molar-refractivity contribution in [3.05, 3.63) is 66.7 Å². The maximum absolute atomic E-state index is 13.4. The molecule has 0 saturated carbocycles. The summed E-state index contributed by atoms with van der Waals surface area (Å²) in [6.45, 7) is 2.39. The average Bonchev–Trinajstić information content (AvgIpc) is 3.40. The minimum Gasteiger partial charge on any atom is -0.491 e. The van der Waals surface area contributed by atoms with E-state index in [4.69, 9.17) is 9.47 Å². The number of hydrogen-bond donors (Lipinski definition) is 3. The van der Waals surface area contributed by atoms with Gasteiger partial charge in [0.05, 0.1) is 22.0 Å². The van der Waals surface area contributed by atoms with Gasteiger partial charge in [0.2, 0.25) is 20.0 Å². The minimum atomic E-state index is -3.67. The van der Waals surface area contributed by atoms with Crippen LogP contribution in [0, 0.1) is 0 Å². The largest absolute Gasteiger partial charge is 0.491 e. The molecule has 2 aliphatic rings. The maximum Gasteiger partial charge on any atom is 0.243 e. The third kappa shape index (κ3) is 7.96. The summed E-state index contributed by atoms with van der Waals surface area (Å²) in [6.07, 6.45) is 1.12. The Morgan fingerprint density at radius 3 is 2.50 bits per heavy atom. The monoisotopic (exact) mass is 646 g/mol. The van der Waals surface area contributed by atoms with Crippen LogP contribution in [0.15, 0.2) is 76.5 Å². The molecule has 0 bridgehead atoms. The van der Waals surface area contributed by atoms with Gasteiger partial charge < -0.3 is 24.8 Å². The third-order valence-corrected chi connectivity index (χ3v) is 11.6. The molecule has 2 saturated heterocycles. The van der Waals surface area contributed by atoms with Crippen LogP contribution in [-0.4, -0.2) is 109 Å². The smallest absolute Gasteiger partial charge is 0.243 e. The predicted molar refractivity (Wildman–Crippen MR) is 169 cm³/mol. The van der Waals surface area contributed by atoms with Crippen molar-refractivity contribution >= 4 is 30.8 Å². The molecule has 1 spiro atoms. The quantitative estimate of drug-likeness (QED) is 0.255. The Labute approximate surface area is 260 Å². The van der Waals surface area contributed by atoms with Crippen LogP contribution >= 0.6 is 0 Å². The molecule has 2 fully saturated rings. The van der Waals surface area contributed by atoms with Crippen molar-refractivity contribution in [3.63, 3.8) is 0 Å². The first-order chi connectivity index (χ1) is 21.0. The number of aliphatic hydroxyl groups excluding tert-OH is 1. The SMILES string of the molecule is CN(C)CCNS(=O)(=O)c1cccc(OCC(O)CNC2COC3(CCN(S(=O)(=O)c4ccc5ccccc5c4)CC3)C2)c1. The van der Waals surface area contributed by atoms with Crippen LogP contribution in [0.2, 0.25) is 0 Å². The molecule has 13 heteroatoms. The highest BCUT2D eigenvalue weighted by Gasteiger charge is 2.44. The van der Waals surface area contributed by atoms with E-state index >= 15 is 0 Å². The minimum absolute atomic E-state index is 0.00906. The molecule has 2 atom stereocenters. The lowest BCUT2D eigenvalue weighted by atomic mass is 9.88. The number of ether oxygens (including phenoxy) is 2. The number of likely N-dealkylation sites (N-methyl/N-ethyl adjacent to an activating group) is 1. The number of rotatable bonds is 13. The number of nitrogens with one attached hydrogen (secondary N) is 2. The number of fused-ring (bicyclic) bond motifs is 1. The van der Waals surface area contributed by atoms with Gasteiger partial charge >= 0.3 is 0 Å². The van der Waals surface area contributed by atoms with Crippen molar-refractivity contribution in [2.45, 2.75) is 46.8 Å². The van der Waals surface area contributed by atoms with Crippen molar-refractivity contribution in [2.75, 3.05) is 60.0 Å². The fraction of sp³-hybridized carbons (Fsp3) is 0.484. The summed E-state index contributed by atoms with van der Waals surface area (Å²) in [7, 11) is -3.54. The van der Waals surface area contributed by atoms with E-state index in [2.05, 4.69) is 10.0 Å². The Morgan fingerprint density at radius 1 is 1.00 bits per heavy atom. The van der Waals surface area contributed by atoms with Crippen molar-refractivity contribution in [1.82, 2.24) is 19.2 Å². The Bertz CT molecular complexity index is 1640. The van der Waals surface area contributed by atoms with E-state index in [1.54, 1.807) is 28.6 Å². The summed E-state index contributed by atoms with van der Waals surface area (Å²) >= 11 is 0. The molecule has 11 nitrogen and oxygen atoms in total. The predicted octanol–water partition coefficient (Wildman–Crippen LogP) is 2.02. The van der Waals surface area contributed by atoms with Gasteiger partial charge in [-0.05, 0) is 68.4 Å². The fourth-order valence-electron chi connectivity index (χ4n) is 5.71. The fourth-order valence-corrected chi connectivity index (χ4v) is 8.24. The molecular formula is C31H42N4O7S2. The molecule has 2 aliphatic heterocycles. The van der Waals surface area contributed by atoms with E-state index in [9.17, 15) is 21.9 Å². The van der Waals surface area contributed by atoms with Gasteiger partial charge in [-0.15, -0.1) is 0 Å². The van der Waals surface area contributed by atoms with Crippen LogP contribution in [0.5, 0.6) is 5.75 Å². The van der Waals surface area contributed by atoms with Gasteiger partial charge in [-0.2, -0.15) is 4.31 Å². The van der Waals surface area contributed by atoms with Crippen molar-refractivity contribution < 1.29 is 31.4 Å². The normalized spacial score (nSPS) is 20.0. The molecular weight excluding hydrogens is 604 g/mol.